The second-order valence-electron chi connectivity index (χ2n) is 6.57. The molecule has 0 saturated heterocycles. The van der Waals surface area contributed by atoms with Gasteiger partial charge in [-0.05, 0) is 42.1 Å². The van der Waals surface area contributed by atoms with Gasteiger partial charge in [-0.25, -0.2) is 0 Å². The van der Waals surface area contributed by atoms with Gasteiger partial charge in [-0.1, -0.05) is 48.0 Å². The molecule has 1 aliphatic rings. The number of amides is 2. The van der Waals surface area contributed by atoms with Gasteiger partial charge < -0.3 is 10.1 Å². The Bertz CT molecular complexity index is 1120. The Hall–Kier alpha value is -3.09. The highest BCUT2D eigenvalue weighted by Crippen LogP contribution is 2.36. The molecule has 2 aromatic carbocycles. The smallest absolute Gasteiger partial charge is 0.278 e. The molecule has 30 heavy (non-hydrogen) atoms. The molecule has 2 heterocycles. The molecule has 0 fully saturated rings. The Morgan fingerprint density at radius 1 is 1.00 bits per heavy atom. The maximum absolute atomic E-state index is 13.3. The van der Waals surface area contributed by atoms with E-state index in [9.17, 15) is 9.59 Å². The molecule has 0 unspecified atom stereocenters. The van der Waals surface area contributed by atoms with Crippen molar-refractivity contribution in [2.75, 3.05) is 11.9 Å². The first-order valence-electron chi connectivity index (χ1n) is 9.46. The summed E-state index contributed by atoms with van der Waals surface area (Å²) in [6.45, 7) is 2.48. The van der Waals surface area contributed by atoms with Crippen LogP contribution in [0.2, 0.25) is 5.02 Å². The number of thiophene rings is 1. The van der Waals surface area contributed by atoms with E-state index in [1.165, 1.54) is 16.2 Å². The van der Waals surface area contributed by atoms with E-state index < -0.39 is 5.91 Å². The first kappa shape index (κ1) is 20.2. The maximum atomic E-state index is 13.3. The fourth-order valence-electron chi connectivity index (χ4n) is 3.27. The predicted molar refractivity (Wildman–Crippen MR) is 119 cm³/mol. The predicted octanol–water partition coefficient (Wildman–Crippen LogP) is 5.19. The van der Waals surface area contributed by atoms with Gasteiger partial charge in [0.15, 0.2) is 0 Å². The van der Waals surface area contributed by atoms with Crippen LogP contribution in [0.25, 0.3) is 5.57 Å². The van der Waals surface area contributed by atoms with Gasteiger partial charge in [0.2, 0.25) is 0 Å². The minimum Gasteiger partial charge on any atom is -0.492 e. The van der Waals surface area contributed by atoms with Gasteiger partial charge in [0.05, 0.1) is 24.4 Å². The summed E-state index contributed by atoms with van der Waals surface area (Å²) in [5.74, 6) is -0.129. The van der Waals surface area contributed by atoms with Crippen LogP contribution in [0.15, 0.2) is 71.7 Å². The zero-order valence-corrected chi connectivity index (χ0v) is 17.8. The molecule has 0 bridgehead atoms. The van der Waals surface area contributed by atoms with Crippen molar-refractivity contribution in [1.82, 2.24) is 4.90 Å². The second-order valence-corrected chi connectivity index (χ2v) is 7.92. The number of benzene rings is 2. The van der Waals surface area contributed by atoms with Crippen molar-refractivity contribution in [3.63, 3.8) is 0 Å². The molecular formula is C23H19ClN2O3S. The van der Waals surface area contributed by atoms with E-state index in [0.717, 1.165) is 4.88 Å². The number of para-hydroxylation sites is 2. The number of hydrogen-bond donors (Lipinski definition) is 1. The molecule has 0 saturated carbocycles. The lowest BCUT2D eigenvalue weighted by Crippen LogP contribution is -2.32. The Labute approximate surface area is 183 Å². The third-order valence-corrected chi connectivity index (χ3v) is 5.92. The lowest BCUT2D eigenvalue weighted by molar-refractivity contribution is -0.137. The van der Waals surface area contributed by atoms with Crippen LogP contribution in [0.3, 0.4) is 0 Å². The first-order valence-corrected chi connectivity index (χ1v) is 10.7. The zero-order chi connectivity index (χ0) is 21.1. The van der Waals surface area contributed by atoms with Crippen LogP contribution in [0.5, 0.6) is 5.75 Å². The number of carbonyl (C=O) groups is 2. The Kier molecular flexibility index (Phi) is 5.88. The summed E-state index contributed by atoms with van der Waals surface area (Å²) < 4.78 is 5.66. The molecule has 0 aliphatic carbocycles. The van der Waals surface area contributed by atoms with Crippen LogP contribution in [-0.2, 0) is 16.1 Å². The van der Waals surface area contributed by atoms with Crippen molar-refractivity contribution in [3.8, 4) is 5.75 Å². The average Bonchev–Trinajstić information content (AvgIpc) is 3.34. The van der Waals surface area contributed by atoms with Crippen LogP contribution >= 0.6 is 22.9 Å². The molecule has 1 N–H and O–H groups in total. The van der Waals surface area contributed by atoms with Crippen LogP contribution in [-0.4, -0.2) is 23.3 Å². The molecular weight excluding hydrogens is 420 g/mol. The number of nitrogens with zero attached hydrogens (tertiary/aromatic N) is 1. The Morgan fingerprint density at radius 3 is 2.50 bits per heavy atom. The third-order valence-electron chi connectivity index (χ3n) is 4.67. The van der Waals surface area contributed by atoms with Crippen molar-refractivity contribution in [1.29, 1.82) is 0 Å². The SMILES string of the molecule is CCOc1ccccc1NC1=C(c2cccs2)C(=O)N(Cc2ccccc2Cl)C1=O. The highest BCUT2D eigenvalue weighted by Gasteiger charge is 2.40. The van der Waals surface area contributed by atoms with Crippen LogP contribution in [0.1, 0.15) is 17.4 Å². The number of rotatable bonds is 7. The van der Waals surface area contributed by atoms with E-state index in [1.807, 2.05) is 66.9 Å². The number of halogens is 1. The van der Waals surface area contributed by atoms with Crippen molar-refractivity contribution >= 4 is 46.0 Å². The number of imide groups is 1. The number of anilines is 1. The average molecular weight is 439 g/mol. The summed E-state index contributed by atoms with van der Waals surface area (Å²) in [6.07, 6.45) is 0. The Morgan fingerprint density at radius 2 is 1.77 bits per heavy atom. The molecule has 3 aromatic rings. The summed E-state index contributed by atoms with van der Waals surface area (Å²) >= 11 is 7.67. The van der Waals surface area contributed by atoms with E-state index in [0.29, 0.717) is 34.2 Å². The standard InChI is InChI=1S/C23H19ClN2O3S/c1-2-29-18-11-6-5-10-17(18)25-21-20(19-12-7-13-30-19)22(27)26(23(21)28)14-15-8-3-4-9-16(15)24/h3-13,25H,2,14H2,1H3. The summed E-state index contributed by atoms with van der Waals surface area (Å²) in [6, 6.07) is 18.2. The van der Waals surface area contributed by atoms with Crippen LogP contribution in [0.4, 0.5) is 5.69 Å². The lowest BCUT2D eigenvalue weighted by Gasteiger charge is -2.17. The van der Waals surface area contributed by atoms with Gasteiger partial charge in [-0.3, -0.25) is 14.5 Å². The van der Waals surface area contributed by atoms with Crippen molar-refractivity contribution in [3.05, 3.63) is 87.2 Å². The normalized spacial score (nSPS) is 13.9. The van der Waals surface area contributed by atoms with Crippen molar-refractivity contribution in [2.24, 2.45) is 0 Å². The van der Waals surface area contributed by atoms with E-state index in [1.54, 1.807) is 6.07 Å². The van der Waals surface area contributed by atoms with Crippen molar-refractivity contribution < 1.29 is 14.3 Å². The molecule has 0 spiro atoms. The summed E-state index contributed by atoms with van der Waals surface area (Å²) in [5.41, 5.74) is 1.93. The fraction of sp³-hybridized carbons (Fsp3) is 0.130. The zero-order valence-electron chi connectivity index (χ0n) is 16.2. The minimum atomic E-state index is -0.394. The lowest BCUT2D eigenvalue weighted by atomic mass is 10.1. The van der Waals surface area contributed by atoms with Gasteiger partial charge >= 0.3 is 0 Å². The van der Waals surface area contributed by atoms with Crippen LogP contribution < -0.4 is 10.1 Å². The highest BCUT2D eigenvalue weighted by molar-refractivity contribution is 7.11. The molecule has 0 radical (unpaired) electrons. The summed E-state index contributed by atoms with van der Waals surface area (Å²) in [7, 11) is 0. The van der Waals surface area contributed by atoms with Gasteiger partial charge in [0, 0.05) is 9.90 Å². The van der Waals surface area contributed by atoms with E-state index in [2.05, 4.69) is 5.32 Å². The number of carbonyl (C=O) groups excluding carboxylic acids is 2. The van der Waals surface area contributed by atoms with Crippen molar-refractivity contribution in [2.45, 2.75) is 13.5 Å². The third kappa shape index (κ3) is 3.84. The van der Waals surface area contributed by atoms with Gasteiger partial charge in [-0.2, -0.15) is 0 Å². The Balaban J connectivity index is 1.73. The minimum absolute atomic E-state index is 0.102. The maximum Gasteiger partial charge on any atom is 0.278 e. The van der Waals surface area contributed by atoms with Crippen LogP contribution in [0, 0.1) is 0 Å². The second kappa shape index (κ2) is 8.73. The molecule has 1 aliphatic heterocycles. The molecule has 4 rings (SSSR count). The number of nitrogens with one attached hydrogen (secondary N) is 1. The molecule has 0 atom stereocenters. The fourth-order valence-corrected chi connectivity index (χ4v) is 4.23. The van der Waals surface area contributed by atoms with E-state index in [4.69, 9.17) is 16.3 Å². The molecule has 152 valence electrons. The monoisotopic (exact) mass is 438 g/mol. The van der Waals surface area contributed by atoms with Gasteiger partial charge in [-0.15, -0.1) is 11.3 Å². The summed E-state index contributed by atoms with van der Waals surface area (Å²) in [5, 5.41) is 5.55. The van der Waals surface area contributed by atoms with E-state index >= 15 is 0 Å². The first-order chi connectivity index (χ1) is 14.6. The van der Waals surface area contributed by atoms with E-state index in [-0.39, 0.29) is 18.1 Å². The largest absolute Gasteiger partial charge is 0.492 e. The molecule has 1 aromatic heterocycles. The molecule has 5 nitrogen and oxygen atoms in total. The number of ether oxygens (including phenoxy) is 1. The molecule has 7 heteroatoms. The molecule has 2 amide bonds. The summed E-state index contributed by atoms with van der Waals surface area (Å²) in [4.78, 5) is 28.5. The highest BCUT2D eigenvalue weighted by atomic mass is 35.5. The quantitative estimate of drug-likeness (QED) is 0.515. The van der Waals surface area contributed by atoms with Gasteiger partial charge in [0.1, 0.15) is 11.4 Å². The van der Waals surface area contributed by atoms with Gasteiger partial charge in [0.25, 0.3) is 11.8 Å². The number of hydrogen-bond acceptors (Lipinski definition) is 5. The topological polar surface area (TPSA) is 58.6 Å².